The molecule has 0 fully saturated rings. The van der Waals surface area contributed by atoms with Crippen LogP contribution in [0.2, 0.25) is 0 Å². The monoisotopic (exact) mass is 307 g/mol. The van der Waals surface area contributed by atoms with E-state index in [2.05, 4.69) is 10.2 Å². The first-order chi connectivity index (χ1) is 9.91. The van der Waals surface area contributed by atoms with Crippen molar-refractivity contribution in [3.8, 4) is 17.1 Å². The summed E-state index contributed by atoms with van der Waals surface area (Å²) in [4.78, 5) is 10.7. The van der Waals surface area contributed by atoms with Crippen molar-refractivity contribution in [2.45, 2.75) is 32.0 Å². The molecule has 0 aliphatic heterocycles. The van der Waals surface area contributed by atoms with Crippen molar-refractivity contribution in [1.29, 1.82) is 0 Å². The number of carboxylic acids is 1. The second kappa shape index (κ2) is 6.17. The Morgan fingerprint density at radius 3 is 2.71 bits per heavy atom. The van der Waals surface area contributed by atoms with E-state index in [1.165, 1.54) is 0 Å². The van der Waals surface area contributed by atoms with Gasteiger partial charge in [-0.3, -0.25) is 9.36 Å². The molecule has 0 saturated carbocycles. The van der Waals surface area contributed by atoms with Crippen LogP contribution in [0.5, 0.6) is 5.75 Å². The molecule has 0 aliphatic rings. The number of rotatable bonds is 5. The van der Waals surface area contributed by atoms with E-state index >= 15 is 0 Å². The van der Waals surface area contributed by atoms with Gasteiger partial charge in [0.25, 0.3) is 0 Å². The van der Waals surface area contributed by atoms with Crippen molar-refractivity contribution < 1.29 is 15.0 Å². The summed E-state index contributed by atoms with van der Waals surface area (Å²) in [5.74, 6) is -0.130. The zero-order valence-corrected chi connectivity index (χ0v) is 12.9. The first kappa shape index (κ1) is 15.4. The molecule has 21 heavy (non-hydrogen) atoms. The van der Waals surface area contributed by atoms with Crippen LogP contribution in [-0.2, 0) is 4.79 Å². The van der Waals surface area contributed by atoms with Crippen molar-refractivity contribution in [3.05, 3.63) is 23.8 Å². The third-order valence-corrected chi connectivity index (χ3v) is 3.98. The van der Waals surface area contributed by atoms with Crippen LogP contribution >= 0.6 is 11.8 Å². The highest BCUT2D eigenvalue weighted by Crippen LogP contribution is 2.32. The molecule has 0 radical (unpaired) electrons. The molecular formula is C14H17N3O3S. The number of benzene rings is 1. The van der Waals surface area contributed by atoms with Crippen LogP contribution < -0.4 is 0 Å². The van der Waals surface area contributed by atoms with E-state index in [4.69, 9.17) is 5.11 Å². The van der Waals surface area contributed by atoms with Crippen molar-refractivity contribution >= 4 is 17.7 Å². The second-order valence-corrected chi connectivity index (χ2v) is 5.84. The number of phenolic OH excluding ortho intramolecular Hbond substituents is 1. The Balaban J connectivity index is 2.49. The van der Waals surface area contributed by atoms with Crippen LogP contribution in [0.1, 0.15) is 25.5 Å². The summed E-state index contributed by atoms with van der Waals surface area (Å²) < 4.78 is 1.88. The molecule has 0 atom stereocenters. The van der Waals surface area contributed by atoms with Gasteiger partial charge in [0, 0.05) is 17.2 Å². The number of nitrogens with zero attached hydrogens (tertiary/aromatic N) is 3. The van der Waals surface area contributed by atoms with Crippen LogP contribution in [0.4, 0.5) is 0 Å². The van der Waals surface area contributed by atoms with E-state index in [0.717, 1.165) is 22.9 Å². The van der Waals surface area contributed by atoms with E-state index in [0.29, 0.717) is 11.0 Å². The van der Waals surface area contributed by atoms with Crippen LogP contribution in [-0.4, -0.2) is 36.7 Å². The van der Waals surface area contributed by atoms with Crippen LogP contribution in [0.15, 0.2) is 23.4 Å². The first-order valence-electron chi connectivity index (χ1n) is 6.50. The number of hydrogen-bond donors (Lipinski definition) is 2. The normalized spacial score (nSPS) is 11.0. The number of carboxylic acid groups (broad SMARTS) is 1. The highest BCUT2D eigenvalue weighted by atomic mass is 32.2. The molecule has 112 valence electrons. The number of hydrogen-bond acceptors (Lipinski definition) is 5. The smallest absolute Gasteiger partial charge is 0.313 e. The van der Waals surface area contributed by atoms with Gasteiger partial charge in [-0.05, 0) is 26.8 Å². The van der Waals surface area contributed by atoms with Gasteiger partial charge in [0.05, 0.1) is 5.75 Å². The van der Waals surface area contributed by atoms with Gasteiger partial charge in [0.2, 0.25) is 0 Å². The standard InChI is InChI=1S/C14H17N3O3S/c1-8(2)17-13(10-5-4-6-11(18)9(10)3)15-16-14(17)21-7-12(19)20/h4-6,8,18H,7H2,1-3H3,(H,19,20). The van der Waals surface area contributed by atoms with Crippen molar-refractivity contribution in [2.75, 3.05) is 5.75 Å². The number of thioether (sulfide) groups is 1. The number of aliphatic carboxylic acids is 1. The maximum atomic E-state index is 10.7. The summed E-state index contributed by atoms with van der Waals surface area (Å²) in [5.41, 5.74) is 1.51. The lowest BCUT2D eigenvalue weighted by Crippen LogP contribution is -2.07. The second-order valence-electron chi connectivity index (χ2n) is 4.90. The Kier molecular flexibility index (Phi) is 4.52. The zero-order valence-electron chi connectivity index (χ0n) is 12.1. The molecular weight excluding hydrogens is 290 g/mol. The lowest BCUT2D eigenvalue weighted by Gasteiger charge is -2.14. The Labute approximate surface area is 126 Å². The highest BCUT2D eigenvalue weighted by molar-refractivity contribution is 7.99. The molecule has 6 nitrogen and oxygen atoms in total. The Bertz CT molecular complexity index is 667. The number of phenols is 1. The summed E-state index contributed by atoms with van der Waals surface area (Å²) >= 11 is 1.14. The lowest BCUT2D eigenvalue weighted by molar-refractivity contribution is -0.133. The fourth-order valence-corrected chi connectivity index (χ4v) is 2.80. The van der Waals surface area contributed by atoms with Crippen LogP contribution in [0, 0.1) is 6.92 Å². The molecule has 2 aromatic rings. The fraction of sp³-hybridized carbons (Fsp3) is 0.357. The van der Waals surface area contributed by atoms with E-state index < -0.39 is 5.97 Å². The van der Waals surface area contributed by atoms with Crippen molar-refractivity contribution in [1.82, 2.24) is 14.8 Å². The molecule has 2 N–H and O–H groups in total. The Hall–Kier alpha value is -2.02. The summed E-state index contributed by atoms with van der Waals surface area (Å²) in [6.45, 7) is 5.78. The third-order valence-electron chi connectivity index (χ3n) is 3.05. The average molecular weight is 307 g/mol. The lowest BCUT2D eigenvalue weighted by atomic mass is 10.1. The van der Waals surface area contributed by atoms with Gasteiger partial charge < -0.3 is 10.2 Å². The molecule has 1 aromatic carbocycles. The van der Waals surface area contributed by atoms with Gasteiger partial charge >= 0.3 is 5.97 Å². The molecule has 0 amide bonds. The predicted octanol–water partition coefficient (Wildman–Crippen LogP) is 2.72. The minimum Gasteiger partial charge on any atom is -0.508 e. The maximum Gasteiger partial charge on any atom is 0.313 e. The summed E-state index contributed by atoms with van der Waals surface area (Å²) in [6, 6.07) is 5.31. The van der Waals surface area contributed by atoms with Crippen LogP contribution in [0.25, 0.3) is 11.4 Å². The highest BCUT2D eigenvalue weighted by Gasteiger charge is 2.19. The van der Waals surface area contributed by atoms with Crippen LogP contribution in [0.3, 0.4) is 0 Å². The SMILES string of the molecule is Cc1c(O)cccc1-c1nnc(SCC(=O)O)n1C(C)C. The minimum absolute atomic E-state index is 0.0656. The van der Waals surface area contributed by atoms with E-state index in [1.807, 2.05) is 31.4 Å². The molecule has 2 rings (SSSR count). The number of aromatic nitrogens is 3. The van der Waals surface area contributed by atoms with Gasteiger partial charge in [-0.25, -0.2) is 0 Å². The molecule has 0 bridgehead atoms. The van der Waals surface area contributed by atoms with Gasteiger partial charge in [-0.1, -0.05) is 23.9 Å². The van der Waals surface area contributed by atoms with Crippen molar-refractivity contribution in [3.63, 3.8) is 0 Å². The van der Waals surface area contributed by atoms with Crippen molar-refractivity contribution in [2.24, 2.45) is 0 Å². The van der Waals surface area contributed by atoms with Gasteiger partial charge in [-0.2, -0.15) is 0 Å². The first-order valence-corrected chi connectivity index (χ1v) is 7.48. The number of carbonyl (C=O) groups is 1. The molecule has 7 heteroatoms. The molecule has 0 aliphatic carbocycles. The summed E-state index contributed by atoms with van der Waals surface area (Å²) in [5, 5.41) is 27.5. The number of aromatic hydroxyl groups is 1. The van der Waals surface area contributed by atoms with E-state index in [-0.39, 0.29) is 17.5 Å². The van der Waals surface area contributed by atoms with Gasteiger partial charge in [-0.15, -0.1) is 10.2 Å². The topological polar surface area (TPSA) is 88.2 Å². The third kappa shape index (κ3) is 3.18. The predicted molar refractivity (Wildman–Crippen MR) is 80.6 cm³/mol. The van der Waals surface area contributed by atoms with Gasteiger partial charge in [0.15, 0.2) is 11.0 Å². The fourth-order valence-electron chi connectivity index (χ4n) is 2.02. The molecule has 0 unspecified atom stereocenters. The summed E-state index contributed by atoms with van der Waals surface area (Å²) in [7, 11) is 0. The van der Waals surface area contributed by atoms with Gasteiger partial charge in [0.1, 0.15) is 5.75 Å². The Morgan fingerprint density at radius 1 is 1.38 bits per heavy atom. The maximum absolute atomic E-state index is 10.7. The minimum atomic E-state index is -0.895. The quantitative estimate of drug-likeness (QED) is 0.826. The molecule has 0 spiro atoms. The Morgan fingerprint density at radius 2 is 2.10 bits per heavy atom. The van der Waals surface area contributed by atoms with E-state index in [1.54, 1.807) is 12.1 Å². The molecule has 0 saturated heterocycles. The zero-order chi connectivity index (χ0) is 15.6. The molecule has 1 heterocycles. The summed E-state index contributed by atoms with van der Waals surface area (Å²) in [6.07, 6.45) is 0. The molecule has 1 aromatic heterocycles. The average Bonchev–Trinajstić information content (AvgIpc) is 2.83. The van der Waals surface area contributed by atoms with E-state index in [9.17, 15) is 9.90 Å². The largest absolute Gasteiger partial charge is 0.508 e.